The van der Waals surface area contributed by atoms with E-state index in [-0.39, 0.29) is 5.82 Å². The summed E-state index contributed by atoms with van der Waals surface area (Å²) in [5, 5.41) is 13.3. The molecule has 9 heteroatoms. The van der Waals surface area contributed by atoms with E-state index in [4.69, 9.17) is 5.11 Å². The number of carbonyl (C=O) groups excluding carboxylic acids is 1. The first-order valence-electron chi connectivity index (χ1n) is 6.30. The molecule has 3 heterocycles. The number of thioether (sulfide) groups is 1. The van der Waals surface area contributed by atoms with E-state index in [1.165, 1.54) is 21.2 Å². The minimum atomic E-state index is -1.01. The van der Waals surface area contributed by atoms with E-state index in [1.54, 1.807) is 0 Å². The highest BCUT2D eigenvalue weighted by Gasteiger charge is 2.36. The molecule has 1 aliphatic rings. The highest BCUT2D eigenvalue weighted by Crippen LogP contribution is 2.22. The number of carboxylic acid groups (broad SMARTS) is 1. The Morgan fingerprint density at radius 3 is 2.86 bits per heavy atom. The van der Waals surface area contributed by atoms with Gasteiger partial charge in [0.05, 0.1) is 5.88 Å². The number of amides is 1. The second kappa shape index (κ2) is 4.99. The van der Waals surface area contributed by atoms with Crippen LogP contribution < -0.4 is 0 Å². The molecular formula is C12H13N5O3S. The highest BCUT2D eigenvalue weighted by molar-refractivity contribution is 7.99. The van der Waals surface area contributed by atoms with Crippen molar-refractivity contribution >= 4 is 29.4 Å². The third-order valence-corrected chi connectivity index (χ3v) is 4.25. The summed E-state index contributed by atoms with van der Waals surface area (Å²) in [6.45, 7) is 3.68. The van der Waals surface area contributed by atoms with Crippen LogP contribution >= 0.6 is 11.8 Å². The normalized spacial score (nSPS) is 18.4. The lowest BCUT2D eigenvalue weighted by Crippen LogP contribution is -2.42. The molecule has 0 bridgehead atoms. The average Bonchev–Trinajstić information content (AvgIpc) is 3.03. The van der Waals surface area contributed by atoms with Crippen molar-refractivity contribution in [2.24, 2.45) is 0 Å². The van der Waals surface area contributed by atoms with Crippen LogP contribution in [0.5, 0.6) is 0 Å². The van der Waals surface area contributed by atoms with E-state index in [1.807, 2.05) is 19.9 Å². The van der Waals surface area contributed by atoms with Crippen LogP contribution in [0, 0.1) is 13.8 Å². The van der Waals surface area contributed by atoms with Crippen LogP contribution in [0.2, 0.25) is 0 Å². The zero-order valence-electron chi connectivity index (χ0n) is 11.5. The second-order valence-corrected chi connectivity index (χ2v) is 5.81. The number of rotatable bonds is 2. The average molecular weight is 307 g/mol. The summed E-state index contributed by atoms with van der Waals surface area (Å²) in [4.78, 5) is 33.2. The van der Waals surface area contributed by atoms with Gasteiger partial charge in [-0.25, -0.2) is 14.3 Å². The van der Waals surface area contributed by atoms with Crippen molar-refractivity contribution in [1.29, 1.82) is 0 Å². The molecule has 0 spiro atoms. The van der Waals surface area contributed by atoms with Gasteiger partial charge in [-0.05, 0) is 19.9 Å². The third kappa shape index (κ3) is 2.33. The maximum Gasteiger partial charge on any atom is 0.327 e. The van der Waals surface area contributed by atoms with Gasteiger partial charge < -0.3 is 10.0 Å². The number of hydrogen-bond acceptors (Lipinski definition) is 6. The van der Waals surface area contributed by atoms with Gasteiger partial charge in [0.25, 0.3) is 11.7 Å². The first-order chi connectivity index (χ1) is 9.97. The molecule has 0 aromatic carbocycles. The standard InChI is InChI=1S/C12H13N5O3S/c1-6-3-7(2)17-12(13-6)14-9(15-17)10(18)16-5-21-4-8(16)11(19)20/h3,8H,4-5H2,1-2H3,(H,19,20)/t8-/m0/s1. The molecule has 1 aliphatic heterocycles. The number of fused-ring (bicyclic) bond motifs is 1. The molecule has 1 amide bonds. The topological polar surface area (TPSA) is 101 Å². The van der Waals surface area contributed by atoms with E-state index in [2.05, 4.69) is 15.1 Å². The molecular weight excluding hydrogens is 294 g/mol. The monoisotopic (exact) mass is 307 g/mol. The van der Waals surface area contributed by atoms with Crippen molar-refractivity contribution in [1.82, 2.24) is 24.5 Å². The maximum atomic E-state index is 12.4. The van der Waals surface area contributed by atoms with Crippen LogP contribution in [0.15, 0.2) is 6.07 Å². The summed E-state index contributed by atoms with van der Waals surface area (Å²) in [6.07, 6.45) is 0. The van der Waals surface area contributed by atoms with E-state index in [9.17, 15) is 9.59 Å². The molecule has 2 aromatic rings. The molecule has 3 rings (SSSR count). The lowest BCUT2D eigenvalue weighted by molar-refractivity contribution is -0.140. The fourth-order valence-electron chi connectivity index (χ4n) is 2.23. The van der Waals surface area contributed by atoms with Crippen molar-refractivity contribution in [2.45, 2.75) is 19.9 Å². The molecule has 21 heavy (non-hydrogen) atoms. The summed E-state index contributed by atoms with van der Waals surface area (Å²) in [6, 6.07) is 1.01. The van der Waals surface area contributed by atoms with Gasteiger partial charge in [-0.2, -0.15) is 4.98 Å². The zero-order valence-corrected chi connectivity index (χ0v) is 12.3. The van der Waals surface area contributed by atoms with Gasteiger partial charge in [0.1, 0.15) is 6.04 Å². The number of carbonyl (C=O) groups is 2. The molecule has 2 aromatic heterocycles. The van der Waals surface area contributed by atoms with Crippen molar-refractivity contribution in [2.75, 3.05) is 11.6 Å². The van der Waals surface area contributed by atoms with Crippen LogP contribution in [-0.4, -0.2) is 59.1 Å². The van der Waals surface area contributed by atoms with Crippen molar-refractivity contribution in [3.63, 3.8) is 0 Å². The Morgan fingerprint density at radius 2 is 2.14 bits per heavy atom. The van der Waals surface area contributed by atoms with E-state index in [0.29, 0.717) is 17.4 Å². The van der Waals surface area contributed by atoms with E-state index >= 15 is 0 Å². The Morgan fingerprint density at radius 1 is 1.38 bits per heavy atom. The molecule has 0 aliphatic carbocycles. The van der Waals surface area contributed by atoms with Crippen molar-refractivity contribution in [3.05, 3.63) is 23.3 Å². The fraction of sp³-hybridized carbons (Fsp3) is 0.417. The minimum Gasteiger partial charge on any atom is -0.480 e. The zero-order chi connectivity index (χ0) is 15.1. The summed E-state index contributed by atoms with van der Waals surface area (Å²) < 4.78 is 1.49. The molecule has 0 unspecified atom stereocenters. The van der Waals surface area contributed by atoms with Crippen LogP contribution in [0.4, 0.5) is 0 Å². The van der Waals surface area contributed by atoms with Gasteiger partial charge >= 0.3 is 5.97 Å². The van der Waals surface area contributed by atoms with E-state index < -0.39 is 17.9 Å². The number of hydrogen-bond donors (Lipinski definition) is 1. The maximum absolute atomic E-state index is 12.4. The number of aryl methyl sites for hydroxylation is 2. The smallest absolute Gasteiger partial charge is 0.327 e. The molecule has 110 valence electrons. The third-order valence-electron chi connectivity index (χ3n) is 3.24. The summed E-state index contributed by atoms with van der Waals surface area (Å²) >= 11 is 1.40. The van der Waals surface area contributed by atoms with Gasteiger partial charge in [0.15, 0.2) is 0 Å². The van der Waals surface area contributed by atoms with Crippen LogP contribution in [-0.2, 0) is 4.79 Å². The van der Waals surface area contributed by atoms with Crippen LogP contribution in [0.1, 0.15) is 22.0 Å². The Kier molecular flexibility index (Phi) is 3.28. The first-order valence-corrected chi connectivity index (χ1v) is 7.45. The highest BCUT2D eigenvalue weighted by atomic mass is 32.2. The fourth-order valence-corrected chi connectivity index (χ4v) is 3.38. The summed E-state index contributed by atoms with van der Waals surface area (Å²) in [7, 11) is 0. The molecule has 1 fully saturated rings. The molecule has 0 saturated carbocycles. The molecule has 1 atom stereocenters. The lowest BCUT2D eigenvalue weighted by Gasteiger charge is -2.18. The quantitative estimate of drug-likeness (QED) is 0.853. The second-order valence-electron chi connectivity index (χ2n) is 4.81. The molecule has 8 nitrogen and oxygen atoms in total. The number of aliphatic carboxylic acids is 1. The predicted octanol–water partition coefficient (Wildman–Crippen LogP) is 0.341. The van der Waals surface area contributed by atoms with Gasteiger partial charge in [0.2, 0.25) is 5.82 Å². The van der Waals surface area contributed by atoms with Crippen molar-refractivity contribution in [3.8, 4) is 0 Å². The van der Waals surface area contributed by atoms with Crippen molar-refractivity contribution < 1.29 is 14.7 Å². The SMILES string of the molecule is Cc1cc(C)n2nc(C(=O)N3CSC[C@H]3C(=O)O)nc2n1. The number of aromatic nitrogens is 4. The Hall–Kier alpha value is -2.16. The van der Waals surface area contributed by atoms with Gasteiger partial charge in [0, 0.05) is 17.1 Å². The first kappa shape index (κ1) is 13.8. The largest absolute Gasteiger partial charge is 0.480 e. The Balaban J connectivity index is 1.98. The summed E-state index contributed by atoms with van der Waals surface area (Å²) in [5.41, 5.74) is 1.60. The van der Waals surface area contributed by atoms with Crippen LogP contribution in [0.25, 0.3) is 5.78 Å². The molecule has 1 N–H and O–H groups in total. The lowest BCUT2D eigenvalue weighted by atomic mass is 10.3. The minimum absolute atomic E-state index is 0.0232. The number of nitrogens with zero attached hydrogens (tertiary/aromatic N) is 5. The molecule has 0 radical (unpaired) electrons. The molecule has 1 saturated heterocycles. The Bertz CT molecular complexity index is 744. The number of carboxylic acids is 1. The van der Waals surface area contributed by atoms with E-state index in [0.717, 1.165) is 11.4 Å². The van der Waals surface area contributed by atoms with Crippen LogP contribution in [0.3, 0.4) is 0 Å². The van der Waals surface area contributed by atoms with Gasteiger partial charge in [-0.1, -0.05) is 0 Å². The Labute approximate surface area is 124 Å². The summed E-state index contributed by atoms with van der Waals surface area (Å²) in [5.74, 6) is -0.460. The van der Waals surface area contributed by atoms with Gasteiger partial charge in [-0.15, -0.1) is 16.9 Å². The van der Waals surface area contributed by atoms with Gasteiger partial charge in [-0.3, -0.25) is 4.79 Å². The predicted molar refractivity (Wildman–Crippen MR) is 75.2 cm³/mol.